The number of furan rings is 1. The third-order valence-corrected chi connectivity index (χ3v) is 3.50. The van der Waals surface area contributed by atoms with Gasteiger partial charge in [-0.15, -0.1) is 0 Å². The van der Waals surface area contributed by atoms with Crippen molar-refractivity contribution in [2.24, 2.45) is 0 Å². The van der Waals surface area contributed by atoms with Gasteiger partial charge in [0.25, 0.3) is 0 Å². The molecule has 1 amide bonds. The van der Waals surface area contributed by atoms with Crippen LogP contribution in [0.1, 0.15) is 17.1 Å². The van der Waals surface area contributed by atoms with E-state index in [0.717, 1.165) is 17.9 Å². The Morgan fingerprint density at radius 2 is 1.83 bits per heavy atom. The Balaban J connectivity index is 2.05. The second kappa shape index (κ2) is 8.34. The SMILES string of the molecule is Cc1ccc(/C=C/C(=O)N(CCN(C)C)Cc2ccccc2)o1. The minimum Gasteiger partial charge on any atom is -0.462 e. The van der Waals surface area contributed by atoms with Gasteiger partial charge >= 0.3 is 0 Å². The summed E-state index contributed by atoms with van der Waals surface area (Å²) in [5.74, 6) is 1.53. The number of hydrogen-bond acceptors (Lipinski definition) is 3. The lowest BCUT2D eigenvalue weighted by Gasteiger charge is -2.23. The van der Waals surface area contributed by atoms with Gasteiger partial charge in [0.1, 0.15) is 11.5 Å². The predicted molar refractivity (Wildman–Crippen MR) is 92.9 cm³/mol. The van der Waals surface area contributed by atoms with Crippen LogP contribution >= 0.6 is 0 Å². The number of amides is 1. The molecule has 1 aromatic carbocycles. The molecular formula is C19H24N2O2. The van der Waals surface area contributed by atoms with E-state index >= 15 is 0 Å². The molecule has 4 nitrogen and oxygen atoms in total. The summed E-state index contributed by atoms with van der Waals surface area (Å²) in [4.78, 5) is 16.4. The Bertz CT molecular complexity index is 644. The molecule has 2 rings (SSSR count). The first-order chi connectivity index (χ1) is 11.0. The minimum absolute atomic E-state index is 0.00949. The molecule has 0 aliphatic carbocycles. The summed E-state index contributed by atoms with van der Waals surface area (Å²) in [6, 6.07) is 13.8. The second-order valence-corrected chi connectivity index (χ2v) is 5.83. The molecule has 1 aromatic heterocycles. The van der Waals surface area contributed by atoms with Crippen molar-refractivity contribution in [2.45, 2.75) is 13.5 Å². The lowest BCUT2D eigenvalue weighted by atomic mass is 10.2. The van der Waals surface area contributed by atoms with Gasteiger partial charge in [-0.3, -0.25) is 4.79 Å². The van der Waals surface area contributed by atoms with Crippen LogP contribution in [0.3, 0.4) is 0 Å². The molecule has 0 spiro atoms. The molecule has 23 heavy (non-hydrogen) atoms. The highest BCUT2D eigenvalue weighted by Gasteiger charge is 2.11. The van der Waals surface area contributed by atoms with E-state index in [1.54, 1.807) is 12.2 Å². The summed E-state index contributed by atoms with van der Waals surface area (Å²) in [6.45, 7) is 4.00. The fraction of sp³-hybridized carbons (Fsp3) is 0.316. The van der Waals surface area contributed by atoms with E-state index in [1.165, 1.54) is 0 Å². The number of likely N-dealkylation sites (N-methyl/N-ethyl adjacent to an activating group) is 1. The summed E-state index contributed by atoms with van der Waals surface area (Å²) in [7, 11) is 4.01. The van der Waals surface area contributed by atoms with Gasteiger partial charge < -0.3 is 14.2 Å². The Labute approximate surface area is 138 Å². The smallest absolute Gasteiger partial charge is 0.247 e. The zero-order chi connectivity index (χ0) is 16.7. The fourth-order valence-corrected chi connectivity index (χ4v) is 2.19. The molecule has 4 heteroatoms. The van der Waals surface area contributed by atoms with E-state index in [9.17, 15) is 4.79 Å². The van der Waals surface area contributed by atoms with Gasteiger partial charge in [-0.05, 0) is 44.8 Å². The van der Waals surface area contributed by atoms with Crippen molar-refractivity contribution in [3.05, 3.63) is 65.6 Å². The highest BCUT2D eigenvalue weighted by Crippen LogP contribution is 2.10. The third kappa shape index (κ3) is 5.75. The fourth-order valence-electron chi connectivity index (χ4n) is 2.19. The first-order valence-electron chi connectivity index (χ1n) is 7.76. The number of carbonyl (C=O) groups excluding carboxylic acids is 1. The quantitative estimate of drug-likeness (QED) is 0.737. The Morgan fingerprint density at radius 1 is 1.09 bits per heavy atom. The third-order valence-electron chi connectivity index (χ3n) is 3.50. The highest BCUT2D eigenvalue weighted by molar-refractivity contribution is 5.91. The van der Waals surface area contributed by atoms with Gasteiger partial charge in [-0.1, -0.05) is 30.3 Å². The number of carbonyl (C=O) groups is 1. The average Bonchev–Trinajstić information content (AvgIpc) is 2.95. The van der Waals surface area contributed by atoms with E-state index in [-0.39, 0.29) is 5.91 Å². The van der Waals surface area contributed by atoms with E-state index in [2.05, 4.69) is 4.90 Å². The van der Waals surface area contributed by atoms with Gasteiger partial charge in [0, 0.05) is 25.7 Å². The van der Waals surface area contributed by atoms with Crippen molar-refractivity contribution in [1.29, 1.82) is 0 Å². The van der Waals surface area contributed by atoms with Gasteiger partial charge in [-0.25, -0.2) is 0 Å². The summed E-state index contributed by atoms with van der Waals surface area (Å²) in [5, 5.41) is 0. The predicted octanol–water partition coefficient (Wildman–Crippen LogP) is 3.19. The van der Waals surface area contributed by atoms with E-state index < -0.39 is 0 Å². The molecule has 2 aromatic rings. The molecule has 0 unspecified atom stereocenters. The lowest BCUT2D eigenvalue weighted by molar-refractivity contribution is -0.126. The van der Waals surface area contributed by atoms with Crippen molar-refractivity contribution < 1.29 is 9.21 Å². The molecule has 0 N–H and O–H groups in total. The van der Waals surface area contributed by atoms with Crippen LogP contribution in [0.4, 0.5) is 0 Å². The van der Waals surface area contributed by atoms with Gasteiger partial charge in [-0.2, -0.15) is 0 Å². The zero-order valence-corrected chi connectivity index (χ0v) is 14.0. The molecule has 0 radical (unpaired) electrons. The van der Waals surface area contributed by atoms with Crippen LogP contribution in [-0.4, -0.2) is 42.9 Å². The largest absolute Gasteiger partial charge is 0.462 e. The van der Waals surface area contributed by atoms with Crippen LogP contribution in [0.5, 0.6) is 0 Å². The summed E-state index contributed by atoms with van der Waals surface area (Å²) in [5.41, 5.74) is 1.13. The molecule has 0 saturated heterocycles. The molecular weight excluding hydrogens is 288 g/mol. The lowest BCUT2D eigenvalue weighted by Crippen LogP contribution is -2.35. The summed E-state index contributed by atoms with van der Waals surface area (Å²) < 4.78 is 5.46. The van der Waals surface area contributed by atoms with Crippen molar-refractivity contribution in [2.75, 3.05) is 27.2 Å². The molecule has 0 atom stereocenters. The Hall–Kier alpha value is -2.33. The van der Waals surface area contributed by atoms with Crippen LogP contribution in [0, 0.1) is 6.92 Å². The van der Waals surface area contributed by atoms with Crippen LogP contribution in [0.2, 0.25) is 0 Å². The number of rotatable bonds is 7. The maximum Gasteiger partial charge on any atom is 0.247 e. The number of benzene rings is 1. The molecule has 122 valence electrons. The maximum atomic E-state index is 12.5. The standard InChI is InChI=1S/C19H24N2O2/c1-16-9-10-18(23-16)11-12-19(22)21(14-13-20(2)3)15-17-7-5-4-6-8-17/h4-12H,13-15H2,1-3H3/b12-11+. The number of nitrogens with zero attached hydrogens (tertiary/aromatic N) is 2. The first-order valence-corrected chi connectivity index (χ1v) is 7.76. The van der Waals surface area contributed by atoms with Crippen molar-refractivity contribution in [3.8, 4) is 0 Å². The summed E-state index contributed by atoms with van der Waals surface area (Å²) in [6.07, 6.45) is 3.31. The molecule has 1 heterocycles. The molecule has 0 saturated carbocycles. The molecule has 0 aliphatic heterocycles. The number of aryl methyl sites for hydroxylation is 1. The van der Waals surface area contributed by atoms with Crippen molar-refractivity contribution >= 4 is 12.0 Å². The van der Waals surface area contributed by atoms with Crippen LogP contribution in [0.25, 0.3) is 6.08 Å². The van der Waals surface area contributed by atoms with E-state index in [0.29, 0.717) is 18.8 Å². The van der Waals surface area contributed by atoms with Crippen molar-refractivity contribution in [1.82, 2.24) is 9.80 Å². The van der Waals surface area contributed by atoms with E-state index in [4.69, 9.17) is 4.42 Å². The van der Waals surface area contributed by atoms with Gasteiger partial charge in [0.2, 0.25) is 5.91 Å². The van der Waals surface area contributed by atoms with Crippen LogP contribution < -0.4 is 0 Å². The summed E-state index contributed by atoms with van der Waals surface area (Å²) >= 11 is 0. The monoisotopic (exact) mass is 312 g/mol. The average molecular weight is 312 g/mol. The molecule has 0 bridgehead atoms. The normalized spacial score (nSPS) is 11.3. The topological polar surface area (TPSA) is 36.7 Å². The molecule has 0 aliphatic rings. The maximum absolute atomic E-state index is 12.5. The van der Waals surface area contributed by atoms with Crippen LogP contribution in [-0.2, 0) is 11.3 Å². The van der Waals surface area contributed by atoms with Crippen LogP contribution in [0.15, 0.2) is 53.0 Å². The second-order valence-electron chi connectivity index (χ2n) is 5.83. The Morgan fingerprint density at radius 3 is 2.43 bits per heavy atom. The van der Waals surface area contributed by atoms with Gasteiger partial charge in [0.15, 0.2) is 0 Å². The number of hydrogen-bond donors (Lipinski definition) is 0. The van der Waals surface area contributed by atoms with E-state index in [1.807, 2.05) is 68.4 Å². The van der Waals surface area contributed by atoms with Crippen molar-refractivity contribution in [3.63, 3.8) is 0 Å². The first kappa shape index (κ1) is 17.0. The molecule has 0 fully saturated rings. The highest BCUT2D eigenvalue weighted by atomic mass is 16.3. The zero-order valence-electron chi connectivity index (χ0n) is 14.0. The van der Waals surface area contributed by atoms with Gasteiger partial charge in [0.05, 0.1) is 0 Å². The minimum atomic E-state index is -0.00949. The Kier molecular flexibility index (Phi) is 6.18.